The lowest BCUT2D eigenvalue weighted by Gasteiger charge is -2.40. The van der Waals surface area contributed by atoms with Crippen molar-refractivity contribution < 1.29 is 4.74 Å². The van der Waals surface area contributed by atoms with E-state index in [-0.39, 0.29) is 29.5 Å². The molecule has 1 saturated heterocycles. The van der Waals surface area contributed by atoms with E-state index < -0.39 is 0 Å². The molecule has 0 amide bonds. The standard InChI is InChI=1S/C18H34N4O.HI/c1-4-19-16(21-14-18(7-8-18)15-5-6-15)20-13-17(2,3)22-9-11-23-12-10-22;/h15H,4-14H2,1-3H3,(H2,19,20,21);1H. The summed E-state index contributed by atoms with van der Waals surface area (Å²) < 4.78 is 5.47. The van der Waals surface area contributed by atoms with Crippen molar-refractivity contribution in [3.63, 3.8) is 0 Å². The second-order valence-electron chi connectivity index (χ2n) is 8.10. The minimum atomic E-state index is 0. The van der Waals surface area contributed by atoms with Gasteiger partial charge in [-0.15, -0.1) is 24.0 Å². The van der Waals surface area contributed by atoms with Crippen LogP contribution in [0.4, 0.5) is 0 Å². The zero-order valence-corrected chi connectivity index (χ0v) is 17.9. The second-order valence-corrected chi connectivity index (χ2v) is 8.10. The smallest absolute Gasteiger partial charge is 0.191 e. The molecule has 5 nitrogen and oxygen atoms in total. The van der Waals surface area contributed by atoms with E-state index in [4.69, 9.17) is 9.73 Å². The van der Waals surface area contributed by atoms with Crippen LogP contribution in [0.3, 0.4) is 0 Å². The number of rotatable bonds is 7. The van der Waals surface area contributed by atoms with Gasteiger partial charge in [0.1, 0.15) is 0 Å². The summed E-state index contributed by atoms with van der Waals surface area (Å²) in [7, 11) is 0. The average Bonchev–Trinajstić information content (AvgIpc) is 3.44. The van der Waals surface area contributed by atoms with E-state index in [9.17, 15) is 0 Å². The third-order valence-corrected chi connectivity index (χ3v) is 5.78. The molecule has 24 heavy (non-hydrogen) atoms. The maximum absolute atomic E-state index is 5.47. The van der Waals surface area contributed by atoms with E-state index >= 15 is 0 Å². The van der Waals surface area contributed by atoms with Gasteiger partial charge >= 0.3 is 0 Å². The van der Waals surface area contributed by atoms with Gasteiger partial charge in [-0.2, -0.15) is 0 Å². The van der Waals surface area contributed by atoms with Gasteiger partial charge in [0.05, 0.1) is 19.8 Å². The molecular weight excluding hydrogens is 415 g/mol. The quantitative estimate of drug-likeness (QED) is 0.356. The maximum Gasteiger partial charge on any atom is 0.191 e. The van der Waals surface area contributed by atoms with Gasteiger partial charge in [0.2, 0.25) is 0 Å². The Morgan fingerprint density at radius 1 is 1.21 bits per heavy atom. The highest BCUT2D eigenvalue weighted by Crippen LogP contribution is 2.60. The lowest BCUT2D eigenvalue weighted by atomic mass is 10.0. The largest absolute Gasteiger partial charge is 0.379 e. The fourth-order valence-corrected chi connectivity index (χ4v) is 3.73. The highest BCUT2D eigenvalue weighted by atomic mass is 127. The van der Waals surface area contributed by atoms with Crippen LogP contribution in [-0.4, -0.2) is 62.3 Å². The van der Waals surface area contributed by atoms with Gasteiger partial charge in [0.15, 0.2) is 5.96 Å². The van der Waals surface area contributed by atoms with Crippen molar-refractivity contribution in [2.24, 2.45) is 16.3 Å². The van der Waals surface area contributed by atoms with Crippen LogP contribution in [0.1, 0.15) is 46.5 Å². The summed E-state index contributed by atoms with van der Waals surface area (Å²) in [4.78, 5) is 7.38. The van der Waals surface area contributed by atoms with Crippen molar-refractivity contribution in [2.45, 2.75) is 52.0 Å². The number of morpholine rings is 1. The summed E-state index contributed by atoms with van der Waals surface area (Å²) in [5.74, 6) is 1.98. The fraction of sp³-hybridized carbons (Fsp3) is 0.944. The van der Waals surface area contributed by atoms with Crippen LogP contribution in [0.2, 0.25) is 0 Å². The van der Waals surface area contributed by atoms with E-state index in [0.29, 0.717) is 5.41 Å². The van der Waals surface area contributed by atoms with Crippen LogP contribution in [-0.2, 0) is 4.74 Å². The molecule has 0 bridgehead atoms. The third kappa shape index (κ3) is 5.21. The first-order valence-electron chi connectivity index (χ1n) is 9.41. The number of nitrogens with zero attached hydrogens (tertiary/aromatic N) is 2. The molecule has 2 N–H and O–H groups in total. The van der Waals surface area contributed by atoms with Crippen molar-refractivity contribution in [3.8, 4) is 0 Å². The monoisotopic (exact) mass is 450 g/mol. The number of nitrogens with one attached hydrogen (secondary N) is 2. The van der Waals surface area contributed by atoms with Crippen molar-refractivity contribution in [1.29, 1.82) is 0 Å². The van der Waals surface area contributed by atoms with Gasteiger partial charge in [-0.3, -0.25) is 9.89 Å². The van der Waals surface area contributed by atoms with E-state index in [1.54, 1.807) is 0 Å². The summed E-state index contributed by atoms with van der Waals surface area (Å²) >= 11 is 0. The molecule has 0 aromatic heterocycles. The molecule has 2 saturated carbocycles. The van der Waals surface area contributed by atoms with Gasteiger partial charge in [0.25, 0.3) is 0 Å². The Bertz CT molecular complexity index is 427. The molecular formula is C18H35IN4O. The van der Waals surface area contributed by atoms with Crippen LogP contribution >= 0.6 is 24.0 Å². The van der Waals surface area contributed by atoms with Crippen molar-refractivity contribution in [1.82, 2.24) is 15.5 Å². The highest BCUT2D eigenvalue weighted by molar-refractivity contribution is 14.0. The van der Waals surface area contributed by atoms with Gasteiger partial charge in [-0.25, -0.2) is 0 Å². The first-order valence-corrected chi connectivity index (χ1v) is 9.41. The molecule has 3 aliphatic rings. The molecule has 140 valence electrons. The van der Waals surface area contributed by atoms with Crippen LogP contribution in [0.15, 0.2) is 4.99 Å². The summed E-state index contributed by atoms with van der Waals surface area (Å²) in [5.41, 5.74) is 0.690. The molecule has 0 spiro atoms. The van der Waals surface area contributed by atoms with E-state index in [1.165, 1.54) is 25.7 Å². The Morgan fingerprint density at radius 2 is 1.88 bits per heavy atom. The Labute approximate surface area is 164 Å². The minimum Gasteiger partial charge on any atom is -0.379 e. The number of halogens is 1. The topological polar surface area (TPSA) is 48.9 Å². The number of hydrogen-bond acceptors (Lipinski definition) is 3. The molecule has 2 aliphatic carbocycles. The van der Waals surface area contributed by atoms with Gasteiger partial charge in [-0.05, 0) is 57.8 Å². The SMILES string of the molecule is CCNC(=NCC(C)(C)N1CCOCC1)NCC1(C2CC2)CC1.I. The predicted molar refractivity (Wildman–Crippen MR) is 110 cm³/mol. The molecule has 0 aromatic carbocycles. The molecule has 3 rings (SSSR count). The van der Waals surface area contributed by atoms with Gasteiger partial charge < -0.3 is 15.4 Å². The Morgan fingerprint density at radius 3 is 2.42 bits per heavy atom. The minimum absolute atomic E-state index is 0. The number of guanidine groups is 1. The van der Waals surface area contributed by atoms with Gasteiger partial charge in [0, 0.05) is 31.7 Å². The number of ether oxygens (including phenoxy) is 1. The summed E-state index contributed by atoms with van der Waals surface area (Å²) in [6.07, 6.45) is 5.70. The molecule has 6 heteroatoms. The predicted octanol–water partition coefficient (Wildman–Crippen LogP) is 2.46. The van der Waals surface area contributed by atoms with E-state index in [2.05, 4.69) is 36.3 Å². The molecule has 0 atom stereocenters. The molecule has 0 radical (unpaired) electrons. The Kier molecular flexibility index (Phi) is 7.20. The normalized spacial score (nSPS) is 24.2. The molecule has 0 aromatic rings. The van der Waals surface area contributed by atoms with E-state index in [0.717, 1.165) is 57.8 Å². The van der Waals surface area contributed by atoms with Crippen LogP contribution in [0, 0.1) is 11.3 Å². The molecule has 3 fully saturated rings. The number of hydrogen-bond donors (Lipinski definition) is 2. The number of aliphatic imine (C=N–C) groups is 1. The average molecular weight is 450 g/mol. The van der Waals surface area contributed by atoms with Crippen LogP contribution in [0.5, 0.6) is 0 Å². The molecule has 0 unspecified atom stereocenters. The Balaban J connectivity index is 0.00000208. The first-order chi connectivity index (χ1) is 11.1. The maximum atomic E-state index is 5.47. The lowest BCUT2D eigenvalue weighted by molar-refractivity contribution is -0.00684. The first kappa shape index (κ1) is 20.2. The summed E-state index contributed by atoms with van der Waals surface area (Å²) in [6, 6.07) is 0. The summed E-state index contributed by atoms with van der Waals surface area (Å²) in [5, 5.41) is 7.03. The zero-order chi connectivity index (χ0) is 16.3. The van der Waals surface area contributed by atoms with Crippen molar-refractivity contribution >= 4 is 29.9 Å². The van der Waals surface area contributed by atoms with Gasteiger partial charge in [-0.1, -0.05) is 0 Å². The Hall–Kier alpha value is -0.0800. The zero-order valence-electron chi connectivity index (χ0n) is 15.6. The summed E-state index contributed by atoms with van der Waals surface area (Å²) in [6.45, 7) is 13.3. The van der Waals surface area contributed by atoms with Crippen LogP contribution in [0.25, 0.3) is 0 Å². The van der Waals surface area contributed by atoms with Crippen LogP contribution < -0.4 is 10.6 Å². The van der Waals surface area contributed by atoms with Crippen molar-refractivity contribution in [2.75, 3.05) is 45.9 Å². The molecule has 1 aliphatic heterocycles. The highest BCUT2D eigenvalue weighted by Gasteiger charge is 2.53. The molecule has 1 heterocycles. The van der Waals surface area contributed by atoms with Crippen molar-refractivity contribution in [3.05, 3.63) is 0 Å². The van der Waals surface area contributed by atoms with E-state index in [1.807, 2.05) is 0 Å². The fourth-order valence-electron chi connectivity index (χ4n) is 3.73. The second kappa shape index (κ2) is 8.54. The lowest BCUT2D eigenvalue weighted by Crippen LogP contribution is -2.52. The third-order valence-electron chi connectivity index (χ3n) is 5.78.